The highest BCUT2D eigenvalue weighted by Crippen LogP contribution is 2.26. The molecule has 0 radical (unpaired) electrons. The Balaban J connectivity index is 1.42. The molecular formula is C29H21Cl2F5N8O3. The van der Waals surface area contributed by atoms with Gasteiger partial charge in [0.1, 0.15) is 18.0 Å². The zero-order valence-corrected chi connectivity index (χ0v) is 25.5. The van der Waals surface area contributed by atoms with Crippen molar-refractivity contribution in [2.75, 3.05) is 0 Å². The fraction of sp³-hybridized carbons (Fsp3) is 0.207. The number of hydrogen-bond acceptors (Lipinski definition) is 8. The van der Waals surface area contributed by atoms with Crippen molar-refractivity contribution >= 4 is 34.9 Å². The third-order valence-electron chi connectivity index (χ3n) is 6.56. The summed E-state index contributed by atoms with van der Waals surface area (Å²) in [6, 6.07) is 12.5. The number of hydrogen-bond donors (Lipinski definition) is 1. The molecule has 0 fully saturated rings. The van der Waals surface area contributed by atoms with Crippen LogP contribution in [0.25, 0.3) is 5.82 Å². The number of pyridine rings is 1. The molecule has 3 heterocycles. The second-order valence-corrected chi connectivity index (χ2v) is 10.8. The van der Waals surface area contributed by atoms with Crippen molar-refractivity contribution < 1.29 is 36.3 Å². The van der Waals surface area contributed by atoms with Gasteiger partial charge in [-0.25, -0.2) is 18.4 Å². The minimum absolute atomic E-state index is 0.00279. The van der Waals surface area contributed by atoms with E-state index in [9.17, 15) is 31.5 Å². The summed E-state index contributed by atoms with van der Waals surface area (Å²) >= 11 is 12.6. The van der Waals surface area contributed by atoms with Crippen LogP contribution in [0.15, 0.2) is 60.8 Å². The molecule has 0 aliphatic heterocycles. The van der Waals surface area contributed by atoms with Gasteiger partial charge in [0.15, 0.2) is 11.6 Å². The number of aromatic nitrogens is 7. The molecule has 0 bridgehead atoms. The first-order valence-corrected chi connectivity index (χ1v) is 14.2. The first-order valence-electron chi connectivity index (χ1n) is 13.5. The lowest BCUT2D eigenvalue weighted by molar-refractivity contribution is -0.274. The molecule has 0 atom stereocenters. The van der Waals surface area contributed by atoms with Crippen LogP contribution in [0, 0.1) is 6.92 Å². The summed E-state index contributed by atoms with van der Waals surface area (Å²) in [7, 11) is 0. The van der Waals surface area contributed by atoms with Gasteiger partial charge in [-0.3, -0.25) is 9.59 Å². The van der Waals surface area contributed by atoms with E-state index >= 15 is 0 Å². The molecule has 1 N–H and O–H groups in total. The van der Waals surface area contributed by atoms with Gasteiger partial charge in [-0.2, -0.15) is 9.90 Å². The minimum atomic E-state index is -4.88. The minimum Gasteiger partial charge on any atom is -0.406 e. The fourth-order valence-corrected chi connectivity index (χ4v) is 5.02. The predicted octanol–water partition coefficient (Wildman–Crippen LogP) is 6.11. The largest absolute Gasteiger partial charge is 0.573 e. The number of amides is 1. The Morgan fingerprint density at radius 1 is 1.04 bits per heavy atom. The second kappa shape index (κ2) is 13.8. The Labute approximate surface area is 272 Å². The van der Waals surface area contributed by atoms with Crippen LogP contribution in [0.3, 0.4) is 0 Å². The van der Waals surface area contributed by atoms with Gasteiger partial charge in [-0.15, -0.1) is 23.4 Å². The van der Waals surface area contributed by atoms with Crippen LogP contribution < -0.4 is 10.1 Å². The first-order chi connectivity index (χ1) is 22.3. The summed E-state index contributed by atoms with van der Waals surface area (Å²) in [6.07, 6.45) is -6.71. The normalized spacial score (nSPS) is 11.6. The summed E-state index contributed by atoms with van der Waals surface area (Å²) in [5.41, 5.74) is 1.38. The maximum atomic E-state index is 13.9. The van der Waals surface area contributed by atoms with Gasteiger partial charge >= 0.3 is 12.8 Å². The lowest BCUT2D eigenvalue weighted by atomic mass is 9.95. The number of ketones is 1. The number of alkyl halides is 5. The molecule has 3 aromatic heterocycles. The number of Topliss-reactive ketones (excluding diaryl/α,β-unsaturated/α-hetero) is 1. The van der Waals surface area contributed by atoms with E-state index in [-0.39, 0.29) is 52.3 Å². The SMILES string of the molecule is Cc1cc(Cl)cc(C(=O)NCc2cccc(OC(F)(F)F)c2)c1CC(=O)c1cc(Cn2nnc(C(F)F)n2)nn1-c1ncccc1Cl. The molecule has 47 heavy (non-hydrogen) atoms. The molecule has 2 aromatic carbocycles. The Kier molecular flexibility index (Phi) is 9.81. The highest BCUT2D eigenvalue weighted by molar-refractivity contribution is 6.32. The number of aryl methyl sites for hydroxylation is 1. The summed E-state index contributed by atoms with van der Waals surface area (Å²) in [5, 5.41) is 17.9. The van der Waals surface area contributed by atoms with Gasteiger partial charge < -0.3 is 10.1 Å². The van der Waals surface area contributed by atoms with E-state index in [0.717, 1.165) is 16.9 Å². The van der Waals surface area contributed by atoms with Crippen LogP contribution in [0.4, 0.5) is 22.0 Å². The van der Waals surface area contributed by atoms with Crippen molar-refractivity contribution in [2.24, 2.45) is 0 Å². The lowest BCUT2D eigenvalue weighted by Crippen LogP contribution is -2.25. The maximum absolute atomic E-state index is 13.9. The first kappa shape index (κ1) is 33.4. The monoisotopic (exact) mass is 694 g/mol. The number of halogens is 7. The Morgan fingerprint density at radius 3 is 2.53 bits per heavy atom. The van der Waals surface area contributed by atoms with Crippen molar-refractivity contribution in [3.05, 3.63) is 110 Å². The van der Waals surface area contributed by atoms with Gasteiger partial charge in [0.2, 0.25) is 5.82 Å². The Bertz CT molecular complexity index is 1950. The van der Waals surface area contributed by atoms with Crippen molar-refractivity contribution in [2.45, 2.75) is 39.2 Å². The fourth-order valence-electron chi connectivity index (χ4n) is 4.55. The molecule has 0 unspecified atom stereocenters. The quantitative estimate of drug-likeness (QED) is 0.130. The zero-order valence-electron chi connectivity index (χ0n) is 24.0. The number of rotatable bonds is 11. The smallest absolute Gasteiger partial charge is 0.406 e. The van der Waals surface area contributed by atoms with E-state index < -0.39 is 36.1 Å². The molecule has 0 aliphatic rings. The lowest BCUT2D eigenvalue weighted by Gasteiger charge is -2.15. The summed E-state index contributed by atoms with van der Waals surface area (Å²) in [6.45, 7) is 1.27. The number of carbonyl (C=O) groups is 2. The molecule has 0 aliphatic carbocycles. The number of carbonyl (C=O) groups excluding carboxylic acids is 2. The molecule has 11 nitrogen and oxygen atoms in total. The van der Waals surface area contributed by atoms with Crippen molar-refractivity contribution in [3.8, 4) is 11.6 Å². The molecule has 5 aromatic rings. The van der Waals surface area contributed by atoms with Crippen LogP contribution in [0.1, 0.15) is 55.5 Å². The predicted molar refractivity (Wildman–Crippen MR) is 157 cm³/mol. The Morgan fingerprint density at radius 2 is 1.83 bits per heavy atom. The number of nitrogens with one attached hydrogen (secondary N) is 1. The van der Waals surface area contributed by atoms with E-state index in [1.54, 1.807) is 19.1 Å². The van der Waals surface area contributed by atoms with Gasteiger partial charge in [0.25, 0.3) is 5.91 Å². The van der Waals surface area contributed by atoms with Gasteiger partial charge in [0.05, 0.1) is 10.7 Å². The molecular weight excluding hydrogens is 674 g/mol. The van der Waals surface area contributed by atoms with Crippen molar-refractivity contribution in [3.63, 3.8) is 0 Å². The molecule has 0 saturated heterocycles. The average Bonchev–Trinajstić information content (AvgIpc) is 3.64. The molecule has 0 saturated carbocycles. The maximum Gasteiger partial charge on any atom is 0.573 e. The molecule has 18 heteroatoms. The van der Waals surface area contributed by atoms with E-state index in [2.05, 4.69) is 35.5 Å². The number of tetrazole rings is 1. The molecule has 1 amide bonds. The second-order valence-electron chi connectivity index (χ2n) is 9.95. The topological polar surface area (TPSA) is 130 Å². The van der Waals surface area contributed by atoms with Gasteiger partial charge in [0, 0.05) is 29.7 Å². The molecule has 0 spiro atoms. The van der Waals surface area contributed by atoms with Crippen LogP contribution in [0.5, 0.6) is 5.75 Å². The third kappa shape index (κ3) is 8.26. The van der Waals surface area contributed by atoms with Crippen LogP contribution in [-0.4, -0.2) is 53.0 Å². The average molecular weight is 695 g/mol. The van der Waals surface area contributed by atoms with Crippen LogP contribution >= 0.6 is 23.2 Å². The zero-order chi connectivity index (χ0) is 33.9. The number of nitrogens with zero attached hydrogens (tertiary/aromatic N) is 7. The third-order valence-corrected chi connectivity index (χ3v) is 7.07. The van der Waals surface area contributed by atoms with Gasteiger partial charge in [-0.1, -0.05) is 35.3 Å². The van der Waals surface area contributed by atoms with Crippen molar-refractivity contribution in [1.29, 1.82) is 0 Å². The molecule has 5 rings (SSSR count). The van der Waals surface area contributed by atoms with E-state index in [0.29, 0.717) is 16.7 Å². The van der Waals surface area contributed by atoms with Crippen molar-refractivity contribution in [1.82, 2.24) is 40.3 Å². The number of benzene rings is 2. The van der Waals surface area contributed by atoms with E-state index in [1.165, 1.54) is 41.2 Å². The van der Waals surface area contributed by atoms with Gasteiger partial charge in [-0.05, 0) is 71.3 Å². The molecule has 244 valence electrons. The standard InChI is InChI=1S/C29H21Cl2F5N8O3/c1-15-8-17(30)10-21(28(46)38-13-16-4-2-5-19(9-16)47-29(34,35)36)20(15)12-24(45)23-11-18(14-43-41-26(25(32)33)39-42-43)40-44(23)27-22(31)6-3-7-37-27/h2-11,25H,12-14H2,1H3,(H,38,46). The van der Waals surface area contributed by atoms with E-state index in [1.807, 2.05) is 0 Å². The van der Waals surface area contributed by atoms with E-state index in [4.69, 9.17) is 23.2 Å². The number of ether oxygens (including phenoxy) is 1. The summed E-state index contributed by atoms with van der Waals surface area (Å²) < 4.78 is 69.0. The Hall–Kier alpha value is -4.96. The summed E-state index contributed by atoms with van der Waals surface area (Å²) in [5.74, 6) is -2.30. The van der Waals surface area contributed by atoms with Crippen LogP contribution in [0.2, 0.25) is 10.0 Å². The summed E-state index contributed by atoms with van der Waals surface area (Å²) in [4.78, 5) is 32.3. The van der Waals surface area contributed by atoms with Crippen LogP contribution in [-0.2, 0) is 19.5 Å². The highest BCUT2D eigenvalue weighted by atomic mass is 35.5. The highest BCUT2D eigenvalue weighted by Gasteiger charge is 2.31.